The van der Waals surface area contributed by atoms with Gasteiger partial charge in [0, 0.05) is 6.07 Å². The van der Waals surface area contributed by atoms with Crippen molar-refractivity contribution in [2.45, 2.75) is 49.1 Å². The van der Waals surface area contributed by atoms with Crippen LogP contribution < -0.4 is 20.9 Å². The van der Waals surface area contributed by atoms with Gasteiger partial charge in [-0.05, 0) is 6.07 Å². The van der Waals surface area contributed by atoms with E-state index in [2.05, 4.69) is 28.3 Å². The van der Waals surface area contributed by atoms with Crippen LogP contribution >= 0.6 is 15.6 Å². The van der Waals surface area contributed by atoms with Crippen LogP contribution in [0, 0.1) is 0 Å². The van der Waals surface area contributed by atoms with Gasteiger partial charge in [0.2, 0.25) is 0 Å². The van der Waals surface area contributed by atoms with Crippen molar-refractivity contribution < 1.29 is 77.0 Å². The third-order valence-electron chi connectivity index (χ3n) is 6.74. The minimum Gasteiger partial charge on any atom is -0.756 e. The third kappa shape index (κ3) is 7.35. The number of phosphoric acid groups is 2. The Labute approximate surface area is 251 Å². The molecule has 11 N–H and O–H groups in total. The number of hydrogen-bond acceptors (Lipinski definition) is 17. The van der Waals surface area contributed by atoms with E-state index < -0.39 is 83.8 Å². The predicted molar refractivity (Wildman–Crippen MR) is 141 cm³/mol. The lowest BCUT2D eigenvalue weighted by atomic mass is 10.1. The molecule has 2 fully saturated rings. The fourth-order valence-electron chi connectivity index (χ4n) is 4.57. The molecule has 5 heterocycles. The maximum Gasteiger partial charge on any atom is 0.478 e. The van der Waals surface area contributed by atoms with E-state index in [9.17, 15) is 44.1 Å². The molecule has 0 radical (unpaired) electrons. The van der Waals surface area contributed by atoms with Crippen molar-refractivity contribution in [3.8, 4) is 0 Å². The Hall–Kier alpha value is -3.05. The number of nitrogens with zero attached hydrogens (tertiary/aromatic N) is 5. The molecule has 2 saturated heterocycles. The maximum absolute atomic E-state index is 12.4. The number of anilines is 1. The average molecular weight is 681 g/mol. The molecule has 3 aromatic rings. The number of hydrogen-bond donors (Lipinski definition) is 7. The largest absolute Gasteiger partial charge is 0.756 e. The van der Waals surface area contributed by atoms with Gasteiger partial charge in [0.05, 0.1) is 19.5 Å². The fourth-order valence-corrected chi connectivity index (χ4v) is 6.62. The van der Waals surface area contributed by atoms with Gasteiger partial charge in [0.15, 0.2) is 36.2 Å². The number of imidazole rings is 1. The maximum atomic E-state index is 12.4. The summed E-state index contributed by atoms with van der Waals surface area (Å²) in [6.07, 6.45) is -7.05. The lowest BCUT2D eigenvalue weighted by Crippen LogP contribution is -2.46. The second kappa shape index (κ2) is 13.4. The number of carbonyl (C=O) groups is 1. The molecule has 0 spiro atoms. The number of amides is 1. The molecule has 0 aromatic carbocycles. The Bertz CT molecular complexity index is 1630. The zero-order chi connectivity index (χ0) is 32.0. The molecule has 22 nitrogen and oxygen atoms in total. The van der Waals surface area contributed by atoms with E-state index in [1.54, 1.807) is 0 Å². The van der Waals surface area contributed by atoms with E-state index in [1.807, 2.05) is 0 Å². The number of aliphatic hydroxyl groups is 4. The number of nitrogens with two attached hydrogens (primary N) is 2. The van der Waals surface area contributed by atoms with Gasteiger partial charge < -0.3 is 61.2 Å². The molecule has 2 aliphatic heterocycles. The molecular formula is C21H29N7O15P2. The van der Waals surface area contributed by atoms with Crippen LogP contribution in [0.5, 0.6) is 0 Å². The van der Waals surface area contributed by atoms with Crippen molar-refractivity contribution in [1.29, 1.82) is 0 Å². The summed E-state index contributed by atoms with van der Waals surface area (Å²) in [7, 11) is -11.0. The standard InChI is InChI=1S/C21H27N7O14P2.H2O/c22-17-12-19(25-7-24-17)28(8-26-12)21-16(32)14(30)11(41-21)6-39-44(36,37)42-43(34,35)38-5-10-13(29)15(31)20(40-10)27-3-1-2-9(4-27)18(23)33;/h1-4,7-8,10-11,13-16,20-21,29-32H,5-6H2,(H5-,22,23,24,25,33,34,35,36,37);1H2/t10-,11-,13-,14-,15-,16-,20-,21+;/m1./s1. The molecule has 1 amide bonds. The summed E-state index contributed by atoms with van der Waals surface area (Å²) in [6, 6.07) is 2.82. The SMILES string of the molecule is NC(=O)c1ccc[n+]([C@@H]2O[C@H](COP(=O)([O-])OP(=O)(O)OC[C@H]3O[C@H](n4cnc5c(N)ncnc54)[C@H](O)[C@@H]3O)[C@@H](O)[C@H]2O)c1.O. The topological polar surface area (TPSA) is 353 Å². The van der Waals surface area contributed by atoms with Gasteiger partial charge >= 0.3 is 7.82 Å². The first-order valence-corrected chi connectivity index (χ1v) is 15.5. The second-order valence-electron chi connectivity index (χ2n) is 9.67. The van der Waals surface area contributed by atoms with E-state index >= 15 is 0 Å². The number of nitrogen functional groups attached to an aromatic ring is 1. The van der Waals surface area contributed by atoms with Crippen molar-refractivity contribution in [1.82, 2.24) is 19.5 Å². The Morgan fingerprint density at radius 1 is 1.04 bits per heavy atom. The molecule has 0 aliphatic carbocycles. The molecular weight excluding hydrogens is 652 g/mol. The van der Waals surface area contributed by atoms with Crippen molar-refractivity contribution in [3.05, 3.63) is 42.7 Å². The van der Waals surface area contributed by atoms with Gasteiger partial charge in [-0.15, -0.1) is 0 Å². The van der Waals surface area contributed by atoms with Gasteiger partial charge in [-0.25, -0.2) is 23.8 Å². The molecule has 5 rings (SSSR count). The highest BCUT2D eigenvalue weighted by molar-refractivity contribution is 7.60. The highest BCUT2D eigenvalue weighted by atomic mass is 31.3. The van der Waals surface area contributed by atoms with Gasteiger partial charge in [0.25, 0.3) is 20.0 Å². The summed E-state index contributed by atoms with van der Waals surface area (Å²) in [5, 5.41) is 41.6. The second-order valence-corrected chi connectivity index (χ2v) is 12.7. The summed E-state index contributed by atoms with van der Waals surface area (Å²) in [4.78, 5) is 45.5. The van der Waals surface area contributed by atoms with Crippen LogP contribution in [0.15, 0.2) is 37.2 Å². The number of aliphatic hydroxyl groups excluding tert-OH is 4. The van der Waals surface area contributed by atoms with Crippen LogP contribution in [0.2, 0.25) is 0 Å². The predicted octanol–water partition coefficient (Wildman–Crippen LogP) is -4.47. The quantitative estimate of drug-likeness (QED) is 0.0740. The van der Waals surface area contributed by atoms with Crippen molar-refractivity contribution in [2.24, 2.45) is 5.73 Å². The fraction of sp³-hybridized carbons (Fsp3) is 0.476. The number of phosphoric ester groups is 2. The minimum absolute atomic E-state index is 0. The Morgan fingerprint density at radius 3 is 2.42 bits per heavy atom. The van der Waals surface area contributed by atoms with Gasteiger partial charge in [-0.2, -0.15) is 4.57 Å². The summed E-state index contributed by atoms with van der Waals surface area (Å²) >= 11 is 0. The Balaban J connectivity index is 0.00000461. The number of aromatic nitrogens is 5. The van der Waals surface area contributed by atoms with E-state index in [1.165, 1.54) is 40.0 Å². The van der Waals surface area contributed by atoms with E-state index in [0.29, 0.717) is 0 Å². The number of pyridine rings is 1. The van der Waals surface area contributed by atoms with E-state index in [4.69, 9.17) is 20.9 Å². The van der Waals surface area contributed by atoms with Crippen LogP contribution in [0.4, 0.5) is 5.82 Å². The van der Waals surface area contributed by atoms with Gasteiger partial charge in [-0.1, -0.05) is 0 Å². The summed E-state index contributed by atoms with van der Waals surface area (Å²) in [6.45, 7) is -1.89. The zero-order valence-electron chi connectivity index (χ0n) is 22.7. The average Bonchev–Trinajstić information content (AvgIpc) is 3.61. The van der Waals surface area contributed by atoms with Crippen LogP contribution in [0.1, 0.15) is 22.8 Å². The first kappa shape index (κ1) is 34.8. The lowest BCUT2D eigenvalue weighted by Gasteiger charge is -2.26. The van der Waals surface area contributed by atoms with Crippen molar-refractivity contribution in [2.75, 3.05) is 18.9 Å². The third-order valence-corrected chi connectivity index (χ3v) is 9.30. The molecule has 0 bridgehead atoms. The van der Waals surface area contributed by atoms with Gasteiger partial charge in [0.1, 0.15) is 47.9 Å². The molecule has 10 atom stereocenters. The summed E-state index contributed by atoms with van der Waals surface area (Å²) in [5.41, 5.74) is 11.4. The first-order chi connectivity index (χ1) is 20.7. The lowest BCUT2D eigenvalue weighted by molar-refractivity contribution is -0.765. The number of fused-ring (bicyclic) bond motifs is 1. The molecule has 45 heavy (non-hydrogen) atoms. The Kier molecular flexibility index (Phi) is 10.3. The van der Waals surface area contributed by atoms with Gasteiger partial charge in [-0.3, -0.25) is 18.5 Å². The smallest absolute Gasteiger partial charge is 0.478 e. The van der Waals surface area contributed by atoms with Crippen LogP contribution in [-0.4, -0.2) is 106 Å². The summed E-state index contributed by atoms with van der Waals surface area (Å²) in [5.74, 6) is -0.729. The highest BCUT2D eigenvalue weighted by Gasteiger charge is 2.49. The number of ether oxygens (including phenoxy) is 2. The van der Waals surface area contributed by atoms with Crippen LogP contribution in [0.25, 0.3) is 11.2 Å². The first-order valence-electron chi connectivity index (χ1n) is 12.6. The minimum atomic E-state index is -5.62. The normalized spacial score (nSPS) is 30.9. The number of carbonyl (C=O) groups excluding carboxylic acids is 1. The molecule has 248 valence electrons. The molecule has 2 unspecified atom stereocenters. The van der Waals surface area contributed by atoms with E-state index in [0.717, 1.165) is 6.33 Å². The highest BCUT2D eigenvalue weighted by Crippen LogP contribution is 2.58. The van der Waals surface area contributed by atoms with Crippen molar-refractivity contribution >= 4 is 38.5 Å². The number of primary amides is 1. The van der Waals surface area contributed by atoms with Crippen LogP contribution in [0.3, 0.4) is 0 Å². The van der Waals surface area contributed by atoms with Crippen molar-refractivity contribution in [3.63, 3.8) is 0 Å². The van der Waals surface area contributed by atoms with E-state index in [-0.39, 0.29) is 28.0 Å². The zero-order valence-corrected chi connectivity index (χ0v) is 24.5. The molecule has 24 heteroatoms. The Morgan fingerprint density at radius 2 is 1.71 bits per heavy atom. The molecule has 3 aromatic heterocycles. The molecule has 0 saturated carbocycles. The summed E-state index contributed by atoms with van der Waals surface area (Å²) < 4.78 is 51.5. The monoisotopic (exact) mass is 681 g/mol. The molecule has 2 aliphatic rings. The number of rotatable bonds is 11. The van der Waals surface area contributed by atoms with Crippen LogP contribution in [-0.2, 0) is 32.0 Å².